The molecule has 200 valence electrons. The third kappa shape index (κ3) is 3.02. The molecule has 4 atom stereocenters. The van der Waals surface area contributed by atoms with Crippen molar-refractivity contribution in [3.05, 3.63) is 69.2 Å². The van der Waals surface area contributed by atoms with Gasteiger partial charge in [0.05, 0.1) is 5.56 Å². The van der Waals surface area contributed by atoms with E-state index in [1.807, 2.05) is 45.1 Å². The number of benzene rings is 1. The number of phenolic OH excluding ortho intramolecular Hbond substituents is 1. The summed E-state index contributed by atoms with van der Waals surface area (Å²) >= 11 is 0. The zero-order valence-corrected chi connectivity index (χ0v) is 22.6. The highest BCUT2D eigenvalue weighted by Gasteiger charge is 2.71. The van der Waals surface area contributed by atoms with Gasteiger partial charge in [-0.05, 0) is 67.4 Å². The number of carbonyl (C=O) groups excluding carboxylic acids is 3. The highest BCUT2D eigenvalue weighted by molar-refractivity contribution is 6.25. The van der Waals surface area contributed by atoms with E-state index in [0.29, 0.717) is 11.1 Å². The van der Waals surface area contributed by atoms with E-state index in [9.17, 15) is 34.8 Å². The highest BCUT2D eigenvalue weighted by atomic mass is 16.3. The van der Waals surface area contributed by atoms with E-state index in [2.05, 4.69) is 0 Å². The predicted molar refractivity (Wildman–Crippen MR) is 142 cm³/mol. The van der Waals surface area contributed by atoms with Gasteiger partial charge in [-0.15, -0.1) is 0 Å². The molecule has 7 heteroatoms. The summed E-state index contributed by atoms with van der Waals surface area (Å²) in [5.41, 5.74) is -2.78. The zero-order chi connectivity index (χ0) is 28.1. The molecule has 7 nitrogen and oxygen atoms in total. The number of ketones is 3. The highest BCUT2D eigenvalue weighted by Crippen LogP contribution is 2.65. The van der Waals surface area contributed by atoms with E-state index >= 15 is 0 Å². The number of rotatable bonds is 3. The normalized spacial score (nSPS) is 32.4. The second-order valence-electron chi connectivity index (χ2n) is 12.2. The number of carbonyl (C=O) groups is 3. The fourth-order valence-corrected chi connectivity index (χ4v) is 7.85. The van der Waals surface area contributed by atoms with Crippen molar-refractivity contribution in [3.63, 3.8) is 0 Å². The maximum atomic E-state index is 14.2. The number of aliphatic hydroxyl groups excluding tert-OH is 2. The van der Waals surface area contributed by atoms with Crippen molar-refractivity contribution in [1.29, 1.82) is 0 Å². The summed E-state index contributed by atoms with van der Waals surface area (Å²) in [6, 6.07) is 1.86. The summed E-state index contributed by atoms with van der Waals surface area (Å²) in [5.74, 6) is -5.02. The van der Waals surface area contributed by atoms with E-state index < -0.39 is 51.0 Å². The maximum absolute atomic E-state index is 14.2. The summed E-state index contributed by atoms with van der Waals surface area (Å²) in [5, 5.41) is 46.1. The number of allylic oxidation sites excluding steroid dienone is 6. The van der Waals surface area contributed by atoms with Crippen LogP contribution in [0.2, 0.25) is 0 Å². The number of fused-ring (bicyclic) bond motifs is 3. The number of hydrogen-bond acceptors (Lipinski definition) is 7. The summed E-state index contributed by atoms with van der Waals surface area (Å²) < 4.78 is 0. The third-order valence-electron chi connectivity index (χ3n) is 9.28. The van der Waals surface area contributed by atoms with Crippen molar-refractivity contribution in [1.82, 2.24) is 0 Å². The lowest BCUT2D eigenvalue weighted by atomic mass is 9.44. The molecule has 0 fully saturated rings. The van der Waals surface area contributed by atoms with E-state index in [1.165, 1.54) is 0 Å². The Labute approximate surface area is 221 Å². The average Bonchev–Trinajstić information content (AvgIpc) is 3.33. The second-order valence-corrected chi connectivity index (χ2v) is 12.2. The molecule has 4 N–H and O–H groups in total. The SMILES string of the molecule is CC(=O)C1=C(O)C(C(C)C)[C@@]2(C)C[C@@]3(C)Cc4c(C5=CCC=C5)cc(C)c(O)c4C(=O)C3=C(O)[C@@]2(O)C1=O. The summed E-state index contributed by atoms with van der Waals surface area (Å²) in [6.07, 6.45) is 7.13. The van der Waals surface area contributed by atoms with Crippen LogP contribution in [0.1, 0.15) is 74.5 Å². The van der Waals surface area contributed by atoms with Crippen LogP contribution in [-0.4, -0.2) is 43.4 Å². The molecule has 1 unspecified atom stereocenters. The molecule has 5 rings (SSSR count). The van der Waals surface area contributed by atoms with Gasteiger partial charge in [0.1, 0.15) is 22.8 Å². The largest absolute Gasteiger partial charge is 0.511 e. The Balaban J connectivity index is 1.84. The first-order valence-electron chi connectivity index (χ1n) is 13.0. The first-order chi connectivity index (χ1) is 17.6. The Morgan fingerprint density at radius 3 is 2.34 bits per heavy atom. The Hall–Kier alpha value is -3.45. The number of hydrogen-bond donors (Lipinski definition) is 4. The molecule has 1 aromatic carbocycles. The van der Waals surface area contributed by atoms with Crippen molar-refractivity contribution in [2.45, 2.75) is 66.4 Å². The quantitative estimate of drug-likeness (QED) is 0.414. The van der Waals surface area contributed by atoms with Gasteiger partial charge in [0.2, 0.25) is 5.78 Å². The summed E-state index contributed by atoms with van der Waals surface area (Å²) in [6.45, 7) is 9.91. The van der Waals surface area contributed by atoms with Crippen LogP contribution in [0, 0.1) is 29.6 Å². The maximum Gasteiger partial charge on any atom is 0.209 e. The number of aliphatic hydroxyl groups is 3. The molecular formula is C31H34O7. The summed E-state index contributed by atoms with van der Waals surface area (Å²) in [4.78, 5) is 40.4. The first-order valence-corrected chi connectivity index (χ1v) is 13.0. The van der Waals surface area contributed by atoms with Gasteiger partial charge < -0.3 is 20.4 Å². The van der Waals surface area contributed by atoms with Gasteiger partial charge in [-0.2, -0.15) is 0 Å². The topological polar surface area (TPSA) is 132 Å². The standard InChI is InChI=1S/C31H34O7/c1-14(2)22-25(34)20(16(4)32)27(36)31(38)28(37)23-26(35)21-19(12-29(23,5)13-30(22,31)6)18(11-15(3)24(21)33)17-9-7-8-10-17/h7,9-11,14,22,33-34,37-38H,8,12-13H2,1-6H3/t22?,29-,30-,31+/m1/s1. The Bertz CT molecular complexity index is 1470. The third-order valence-corrected chi connectivity index (χ3v) is 9.28. The average molecular weight is 519 g/mol. The molecule has 0 aromatic heterocycles. The molecule has 38 heavy (non-hydrogen) atoms. The number of aromatic hydroxyl groups is 1. The molecule has 1 aromatic rings. The molecule has 0 bridgehead atoms. The van der Waals surface area contributed by atoms with Crippen LogP contribution in [0.5, 0.6) is 5.75 Å². The van der Waals surface area contributed by atoms with Crippen molar-refractivity contribution in [2.75, 3.05) is 0 Å². The van der Waals surface area contributed by atoms with Crippen molar-refractivity contribution in [3.8, 4) is 5.75 Å². The number of phenols is 1. The van der Waals surface area contributed by atoms with Crippen LogP contribution >= 0.6 is 0 Å². The van der Waals surface area contributed by atoms with E-state index in [1.54, 1.807) is 13.8 Å². The lowest BCUT2D eigenvalue weighted by Crippen LogP contribution is -2.67. The molecule has 0 saturated heterocycles. The monoisotopic (exact) mass is 518 g/mol. The lowest BCUT2D eigenvalue weighted by molar-refractivity contribution is -0.171. The van der Waals surface area contributed by atoms with Gasteiger partial charge in [-0.3, -0.25) is 14.4 Å². The second kappa shape index (κ2) is 8.03. The molecule has 4 aliphatic carbocycles. The van der Waals surface area contributed by atoms with Gasteiger partial charge >= 0.3 is 0 Å². The van der Waals surface area contributed by atoms with Crippen molar-refractivity contribution >= 4 is 22.9 Å². The Kier molecular flexibility index (Phi) is 5.53. The van der Waals surface area contributed by atoms with Crippen LogP contribution in [0.4, 0.5) is 0 Å². The molecular weight excluding hydrogens is 484 g/mol. The van der Waals surface area contributed by atoms with Gasteiger partial charge in [0.15, 0.2) is 17.2 Å². The lowest BCUT2D eigenvalue weighted by Gasteiger charge is -2.59. The predicted octanol–water partition coefficient (Wildman–Crippen LogP) is 5.00. The van der Waals surface area contributed by atoms with Crippen LogP contribution in [0.15, 0.2) is 47.0 Å². The summed E-state index contributed by atoms with van der Waals surface area (Å²) in [7, 11) is 0. The number of aryl methyl sites for hydroxylation is 1. The van der Waals surface area contributed by atoms with Crippen molar-refractivity contribution in [2.24, 2.45) is 22.7 Å². The van der Waals surface area contributed by atoms with E-state index in [4.69, 9.17) is 0 Å². The minimum atomic E-state index is -2.60. The van der Waals surface area contributed by atoms with E-state index in [-0.39, 0.29) is 41.4 Å². The minimum absolute atomic E-state index is 0.0567. The molecule has 4 aliphatic rings. The van der Waals surface area contributed by atoms with Crippen LogP contribution in [0.3, 0.4) is 0 Å². The van der Waals surface area contributed by atoms with Crippen LogP contribution in [-0.2, 0) is 16.0 Å². The van der Waals surface area contributed by atoms with Crippen molar-refractivity contribution < 1.29 is 34.8 Å². The molecule has 0 radical (unpaired) electrons. The molecule has 0 spiro atoms. The van der Waals surface area contributed by atoms with Crippen LogP contribution < -0.4 is 0 Å². The molecule has 0 amide bonds. The van der Waals surface area contributed by atoms with Gasteiger partial charge in [-0.1, -0.05) is 45.9 Å². The number of Topliss-reactive ketones (excluding diaryl/α,β-unsaturated/α-hetero) is 3. The Morgan fingerprint density at radius 1 is 1.13 bits per heavy atom. The molecule has 0 heterocycles. The van der Waals surface area contributed by atoms with Gasteiger partial charge in [-0.25, -0.2) is 0 Å². The molecule has 0 aliphatic heterocycles. The fourth-order valence-electron chi connectivity index (χ4n) is 7.85. The smallest absolute Gasteiger partial charge is 0.209 e. The van der Waals surface area contributed by atoms with Gasteiger partial charge in [0.25, 0.3) is 0 Å². The Morgan fingerprint density at radius 2 is 1.79 bits per heavy atom. The zero-order valence-electron chi connectivity index (χ0n) is 22.6. The fraction of sp³-hybridized carbons (Fsp3) is 0.452. The van der Waals surface area contributed by atoms with E-state index in [0.717, 1.165) is 24.5 Å². The van der Waals surface area contributed by atoms with Crippen LogP contribution in [0.25, 0.3) is 5.57 Å². The van der Waals surface area contributed by atoms with Gasteiger partial charge in [0, 0.05) is 22.3 Å². The molecule has 0 saturated carbocycles. The minimum Gasteiger partial charge on any atom is -0.511 e. The first kappa shape index (κ1) is 26.2.